The van der Waals surface area contributed by atoms with Crippen LogP contribution in [0.25, 0.3) is 0 Å². The van der Waals surface area contributed by atoms with Crippen LogP contribution in [0.2, 0.25) is 0 Å². The monoisotopic (exact) mass is 368 g/mol. The number of nitrogens with two attached hydrogens (primary N) is 1. The molecule has 2 N–H and O–H groups in total. The summed E-state index contributed by atoms with van der Waals surface area (Å²) < 4.78 is 5.36. The first-order valence-electron chi connectivity index (χ1n) is 8.80. The lowest BCUT2D eigenvalue weighted by atomic mass is 9.91. The fraction of sp³-hybridized carbons (Fsp3) is 0.579. The number of hydrogen-bond acceptors (Lipinski definition) is 4. The zero-order chi connectivity index (χ0) is 17.5. The molecule has 5 nitrogen and oxygen atoms in total. The summed E-state index contributed by atoms with van der Waals surface area (Å²) >= 11 is 0. The highest BCUT2D eigenvalue weighted by molar-refractivity contribution is 5.98. The molecule has 0 aromatic heterocycles. The summed E-state index contributed by atoms with van der Waals surface area (Å²) in [6.45, 7) is 6.05. The van der Waals surface area contributed by atoms with Gasteiger partial charge in [0.15, 0.2) is 5.78 Å². The molecule has 0 radical (unpaired) electrons. The van der Waals surface area contributed by atoms with Crippen LogP contribution in [0.1, 0.15) is 49.9 Å². The van der Waals surface area contributed by atoms with E-state index < -0.39 is 0 Å². The smallest absolute Gasteiger partial charge is 0.223 e. The molecule has 1 unspecified atom stereocenters. The summed E-state index contributed by atoms with van der Waals surface area (Å²) in [5.74, 6) is 1.32. The van der Waals surface area contributed by atoms with Crippen molar-refractivity contribution in [2.24, 2.45) is 11.7 Å². The molecule has 140 valence electrons. The van der Waals surface area contributed by atoms with Gasteiger partial charge in [-0.25, -0.2) is 0 Å². The second-order valence-corrected chi connectivity index (χ2v) is 6.46. The number of rotatable bonds is 7. The minimum atomic E-state index is -0.00290. The molecule has 1 aliphatic heterocycles. The van der Waals surface area contributed by atoms with Gasteiger partial charge in [-0.05, 0) is 56.9 Å². The van der Waals surface area contributed by atoms with Gasteiger partial charge in [-0.15, -0.1) is 12.4 Å². The number of piperidine rings is 1. The van der Waals surface area contributed by atoms with Crippen molar-refractivity contribution in [1.29, 1.82) is 0 Å². The molecule has 0 spiro atoms. The second-order valence-electron chi connectivity index (χ2n) is 6.46. The summed E-state index contributed by atoms with van der Waals surface area (Å²) in [5.41, 5.74) is 6.55. The maximum absolute atomic E-state index is 12.3. The van der Waals surface area contributed by atoms with Crippen molar-refractivity contribution in [1.82, 2.24) is 4.90 Å². The molecular formula is C19H29ClN2O3. The van der Waals surface area contributed by atoms with Crippen molar-refractivity contribution in [2.75, 3.05) is 19.7 Å². The van der Waals surface area contributed by atoms with Crippen LogP contribution in [-0.4, -0.2) is 42.3 Å². The van der Waals surface area contributed by atoms with Crippen molar-refractivity contribution in [3.8, 4) is 5.75 Å². The Labute approximate surface area is 156 Å². The van der Waals surface area contributed by atoms with E-state index in [9.17, 15) is 9.59 Å². The van der Waals surface area contributed by atoms with Crippen molar-refractivity contribution in [2.45, 2.75) is 45.6 Å². The van der Waals surface area contributed by atoms with Crippen LogP contribution in [0.15, 0.2) is 24.3 Å². The Morgan fingerprint density at radius 2 is 1.80 bits per heavy atom. The van der Waals surface area contributed by atoms with Crippen molar-refractivity contribution < 1.29 is 14.3 Å². The predicted molar refractivity (Wildman–Crippen MR) is 101 cm³/mol. The third kappa shape index (κ3) is 6.33. The van der Waals surface area contributed by atoms with Gasteiger partial charge in [-0.3, -0.25) is 9.59 Å². The molecule has 1 saturated heterocycles. The number of benzene rings is 1. The number of nitrogens with zero attached hydrogens (tertiary/aromatic N) is 1. The number of Topliss-reactive ketones (excluding diaryl/α,β-unsaturated/α-hetero) is 1. The molecule has 1 fully saturated rings. The lowest BCUT2D eigenvalue weighted by Crippen LogP contribution is -2.42. The van der Waals surface area contributed by atoms with E-state index in [0.29, 0.717) is 18.1 Å². The molecule has 1 aliphatic rings. The van der Waals surface area contributed by atoms with Crippen LogP contribution in [-0.2, 0) is 4.79 Å². The fourth-order valence-corrected chi connectivity index (χ4v) is 3.10. The minimum absolute atomic E-state index is 0. The van der Waals surface area contributed by atoms with E-state index in [2.05, 4.69) is 0 Å². The van der Waals surface area contributed by atoms with E-state index in [1.54, 1.807) is 24.3 Å². The molecule has 0 bridgehead atoms. The first kappa shape index (κ1) is 21.5. The number of likely N-dealkylation sites (tertiary alicyclic amines) is 1. The summed E-state index contributed by atoms with van der Waals surface area (Å²) in [4.78, 5) is 26.4. The van der Waals surface area contributed by atoms with Gasteiger partial charge in [-0.1, -0.05) is 0 Å². The third-order valence-electron chi connectivity index (χ3n) is 4.69. The largest absolute Gasteiger partial charge is 0.494 e. The lowest BCUT2D eigenvalue weighted by molar-refractivity contribution is -0.132. The standard InChI is InChI=1S/C19H28N2O3.ClH/c1-3-24-17-6-4-16(5-7-17)18(22)8-9-19(23)21-12-10-15(11-13-21)14(2)20;/h4-7,14-15H,3,8-13,20H2,1-2H3;1H. The van der Waals surface area contributed by atoms with Crippen LogP contribution in [0.5, 0.6) is 5.75 Å². The molecule has 1 heterocycles. The number of ketones is 1. The maximum atomic E-state index is 12.3. The topological polar surface area (TPSA) is 72.6 Å². The summed E-state index contributed by atoms with van der Waals surface area (Å²) in [6, 6.07) is 7.27. The highest BCUT2D eigenvalue weighted by atomic mass is 35.5. The van der Waals surface area contributed by atoms with Crippen LogP contribution >= 0.6 is 12.4 Å². The molecule has 1 amide bonds. The average molecular weight is 369 g/mol. The summed E-state index contributed by atoms with van der Waals surface area (Å²) in [6.07, 6.45) is 2.43. The number of hydrogen-bond donors (Lipinski definition) is 1. The molecule has 0 aliphatic carbocycles. The molecule has 0 saturated carbocycles. The molecule has 25 heavy (non-hydrogen) atoms. The van der Waals surface area contributed by atoms with E-state index in [4.69, 9.17) is 10.5 Å². The van der Waals surface area contributed by atoms with Gasteiger partial charge < -0.3 is 15.4 Å². The first-order chi connectivity index (χ1) is 11.5. The highest BCUT2D eigenvalue weighted by Crippen LogP contribution is 2.20. The van der Waals surface area contributed by atoms with Crippen LogP contribution in [0.3, 0.4) is 0 Å². The Hall–Kier alpha value is -1.59. The quantitative estimate of drug-likeness (QED) is 0.751. The Balaban J connectivity index is 0.00000312. The second kappa shape index (κ2) is 10.4. The van der Waals surface area contributed by atoms with Gasteiger partial charge in [-0.2, -0.15) is 0 Å². The Bertz CT molecular complexity index is 552. The zero-order valence-electron chi connectivity index (χ0n) is 15.1. The fourth-order valence-electron chi connectivity index (χ4n) is 3.10. The lowest BCUT2D eigenvalue weighted by Gasteiger charge is -2.33. The molecule has 1 aromatic rings. The van der Waals surface area contributed by atoms with Gasteiger partial charge in [0.2, 0.25) is 5.91 Å². The number of carbonyl (C=O) groups is 2. The SMILES string of the molecule is CCOc1ccc(C(=O)CCC(=O)N2CCC(C(C)N)CC2)cc1.Cl. The van der Waals surface area contributed by atoms with Gasteiger partial charge in [0.1, 0.15) is 5.75 Å². The number of ether oxygens (including phenoxy) is 1. The predicted octanol–water partition coefficient (Wildman–Crippen LogP) is 3.06. The van der Waals surface area contributed by atoms with Gasteiger partial charge in [0, 0.05) is 37.5 Å². The van der Waals surface area contributed by atoms with Crippen molar-refractivity contribution in [3.63, 3.8) is 0 Å². The molecule has 6 heteroatoms. The molecule has 1 aromatic carbocycles. The number of halogens is 1. The molecule has 2 rings (SSSR count). The third-order valence-corrected chi connectivity index (χ3v) is 4.69. The van der Waals surface area contributed by atoms with E-state index in [1.807, 2.05) is 18.7 Å². The Kier molecular flexibility index (Phi) is 8.93. The number of amides is 1. The van der Waals surface area contributed by atoms with E-state index in [-0.39, 0.29) is 43.0 Å². The van der Waals surface area contributed by atoms with E-state index in [0.717, 1.165) is 31.7 Å². The van der Waals surface area contributed by atoms with Gasteiger partial charge in [0.25, 0.3) is 0 Å². The van der Waals surface area contributed by atoms with E-state index in [1.165, 1.54) is 0 Å². The first-order valence-corrected chi connectivity index (χ1v) is 8.80. The van der Waals surface area contributed by atoms with Crippen LogP contribution in [0, 0.1) is 5.92 Å². The summed E-state index contributed by atoms with van der Waals surface area (Å²) in [7, 11) is 0. The number of carbonyl (C=O) groups excluding carboxylic acids is 2. The Morgan fingerprint density at radius 1 is 1.20 bits per heavy atom. The van der Waals surface area contributed by atoms with Crippen molar-refractivity contribution in [3.05, 3.63) is 29.8 Å². The Morgan fingerprint density at radius 3 is 2.32 bits per heavy atom. The van der Waals surface area contributed by atoms with Gasteiger partial charge in [0.05, 0.1) is 6.61 Å². The zero-order valence-corrected chi connectivity index (χ0v) is 15.9. The maximum Gasteiger partial charge on any atom is 0.223 e. The highest BCUT2D eigenvalue weighted by Gasteiger charge is 2.24. The van der Waals surface area contributed by atoms with Gasteiger partial charge >= 0.3 is 0 Å². The van der Waals surface area contributed by atoms with E-state index >= 15 is 0 Å². The van der Waals surface area contributed by atoms with Crippen molar-refractivity contribution >= 4 is 24.1 Å². The normalized spacial score (nSPS) is 16.0. The molecule has 1 atom stereocenters. The molecular weight excluding hydrogens is 340 g/mol. The van der Waals surface area contributed by atoms with Crippen LogP contribution < -0.4 is 10.5 Å². The van der Waals surface area contributed by atoms with Crippen LogP contribution in [0.4, 0.5) is 0 Å². The average Bonchev–Trinajstić information content (AvgIpc) is 2.60. The summed E-state index contributed by atoms with van der Waals surface area (Å²) in [5, 5.41) is 0. The minimum Gasteiger partial charge on any atom is -0.494 e.